The van der Waals surface area contributed by atoms with E-state index in [0.717, 1.165) is 37.2 Å². The van der Waals surface area contributed by atoms with Crippen molar-refractivity contribution in [3.63, 3.8) is 0 Å². The van der Waals surface area contributed by atoms with Gasteiger partial charge >= 0.3 is 5.97 Å². The molecular formula is C15H22N2O3. The summed E-state index contributed by atoms with van der Waals surface area (Å²) >= 11 is 0. The molecule has 0 bridgehead atoms. The second-order valence-corrected chi connectivity index (χ2v) is 5.35. The molecular weight excluding hydrogens is 256 g/mol. The largest absolute Gasteiger partial charge is 0.465 e. The second kappa shape index (κ2) is 6.13. The number of nitrogen functional groups attached to an aromatic ring is 1. The van der Waals surface area contributed by atoms with Crippen molar-refractivity contribution in [1.29, 1.82) is 0 Å². The van der Waals surface area contributed by atoms with Gasteiger partial charge < -0.3 is 20.5 Å². The number of hydrogen-bond acceptors (Lipinski definition) is 5. The molecule has 0 aliphatic carbocycles. The molecule has 0 saturated carbocycles. The van der Waals surface area contributed by atoms with Crippen LogP contribution in [0.3, 0.4) is 0 Å². The van der Waals surface area contributed by atoms with E-state index in [1.807, 2.05) is 13.0 Å². The van der Waals surface area contributed by atoms with Gasteiger partial charge in [0, 0.05) is 31.1 Å². The molecule has 0 spiro atoms. The van der Waals surface area contributed by atoms with Crippen LogP contribution in [0.2, 0.25) is 0 Å². The predicted octanol–water partition coefficient (Wildman–Crippen LogP) is 1.57. The quantitative estimate of drug-likeness (QED) is 0.648. The minimum absolute atomic E-state index is 0.203. The Balaban J connectivity index is 2.32. The summed E-state index contributed by atoms with van der Waals surface area (Å²) in [5.41, 5.74) is 8.67. The normalized spacial score (nSPS) is 18.9. The van der Waals surface area contributed by atoms with Gasteiger partial charge in [0.25, 0.3) is 0 Å². The SMILES string of the molecule is COC(=O)c1cc(N2CCCC(CO)C2)cc(C)c1N. The first-order chi connectivity index (χ1) is 9.56. The number of aliphatic hydroxyl groups is 1. The molecule has 5 heteroatoms. The number of aliphatic hydroxyl groups excluding tert-OH is 1. The third-order valence-electron chi connectivity index (χ3n) is 3.92. The van der Waals surface area contributed by atoms with Crippen LogP contribution in [0.15, 0.2) is 12.1 Å². The summed E-state index contributed by atoms with van der Waals surface area (Å²) in [5, 5.41) is 9.31. The number of esters is 1. The summed E-state index contributed by atoms with van der Waals surface area (Å²) in [4.78, 5) is 14.0. The maximum absolute atomic E-state index is 11.8. The first-order valence-corrected chi connectivity index (χ1v) is 6.91. The number of rotatable bonds is 3. The summed E-state index contributed by atoms with van der Waals surface area (Å²) in [7, 11) is 1.35. The van der Waals surface area contributed by atoms with Crippen LogP contribution in [0.25, 0.3) is 0 Å². The molecule has 1 atom stereocenters. The van der Waals surface area contributed by atoms with Crippen molar-refractivity contribution in [2.75, 3.05) is 37.4 Å². The van der Waals surface area contributed by atoms with E-state index in [2.05, 4.69) is 4.90 Å². The molecule has 1 unspecified atom stereocenters. The zero-order valence-corrected chi connectivity index (χ0v) is 12.1. The number of benzene rings is 1. The van der Waals surface area contributed by atoms with Gasteiger partial charge in [0.1, 0.15) is 0 Å². The molecule has 1 heterocycles. The number of carbonyl (C=O) groups excluding carboxylic acids is 1. The van der Waals surface area contributed by atoms with E-state index in [1.165, 1.54) is 7.11 Å². The topological polar surface area (TPSA) is 75.8 Å². The number of carbonyl (C=O) groups is 1. The molecule has 1 aliphatic rings. The fourth-order valence-electron chi connectivity index (χ4n) is 2.69. The Kier molecular flexibility index (Phi) is 4.49. The number of ether oxygens (including phenoxy) is 1. The Hall–Kier alpha value is -1.75. The zero-order chi connectivity index (χ0) is 14.7. The smallest absolute Gasteiger partial charge is 0.340 e. The Labute approximate surface area is 119 Å². The highest BCUT2D eigenvalue weighted by atomic mass is 16.5. The van der Waals surface area contributed by atoms with Crippen molar-refractivity contribution in [3.05, 3.63) is 23.3 Å². The summed E-state index contributed by atoms with van der Waals surface area (Å²) < 4.78 is 4.78. The number of piperidine rings is 1. The van der Waals surface area contributed by atoms with Gasteiger partial charge in [-0.25, -0.2) is 4.79 Å². The van der Waals surface area contributed by atoms with E-state index < -0.39 is 5.97 Å². The lowest BCUT2D eigenvalue weighted by molar-refractivity contribution is 0.0602. The fraction of sp³-hybridized carbons (Fsp3) is 0.533. The molecule has 1 aromatic rings. The van der Waals surface area contributed by atoms with Crippen molar-refractivity contribution >= 4 is 17.3 Å². The third kappa shape index (κ3) is 2.88. The van der Waals surface area contributed by atoms with Crippen LogP contribution in [0.4, 0.5) is 11.4 Å². The molecule has 20 heavy (non-hydrogen) atoms. The van der Waals surface area contributed by atoms with Crippen LogP contribution < -0.4 is 10.6 Å². The molecule has 0 aromatic heterocycles. The predicted molar refractivity (Wildman–Crippen MR) is 79.0 cm³/mol. The van der Waals surface area contributed by atoms with Gasteiger partial charge in [-0.1, -0.05) is 0 Å². The van der Waals surface area contributed by atoms with Crippen molar-refractivity contribution in [2.45, 2.75) is 19.8 Å². The summed E-state index contributed by atoms with van der Waals surface area (Å²) in [6, 6.07) is 3.77. The lowest BCUT2D eigenvalue weighted by Crippen LogP contribution is -2.37. The molecule has 0 radical (unpaired) electrons. The highest BCUT2D eigenvalue weighted by molar-refractivity contribution is 5.97. The average Bonchev–Trinajstić information content (AvgIpc) is 2.49. The summed E-state index contributed by atoms with van der Waals surface area (Å²) in [6.45, 7) is 3.83. The van der Waals surface area contributed by atoms with Crippen LogP contribution in [0.5, 0.6) is 0 Å². The number of nitrogens with two attached hydrogens (primary N) is 1. The molecule has 1 saturated heterocycles. The molecule has 2 rings (SSSR count). The van der Waals surface area contributed by atoms with Gasteiger partial charge in [-0.2, -0.15) is 0 Å². The number of nitrogens with zero attached hydrogens (tertiary/aromatic N) is 1. The number of anilines is 2. The highest BCUT2D eigenvalue weighted by Crippen LogP contribution is 2.29. The maximum atomic E-state index is 11.8. The Morgan fingerprint density at radius 3 is 2.95 bits per heavy atom. The summed E-state index contributed by atoms with van der Waals surface area (Å²) in [6.07, 6.45) is 2.09. The molecule has 110 valence electrons. The van der Waals surface area contributed by atoms with Gasteiger partial charge in [-0.3, -0.25) is 0 Å². The van der Waals surface area contributed by atoms with E-state index >= 15 is 0 Å². The number of methoxy groups -OCH3 is 1. The highest BCUT2D eigenvalue weighted by Gasteiger charge is 2.22. The van der Waals surface area contributed by atoms with Crippen LogP contribution in [-0.4, -0.2) is 37.9 Å². The Bertz CT molecular complexity index is 502. The first kappa shape index (κ1) is 14.7. The van der Waals surface area contributed by atoms with Crippen LogP contribution in [0, 0.1) is 12.8 Å². The zero-order valence-electron chi connectivity index (χ0n) is 12.1. The van der Waals surface area contributed by atoms with Gasteiger partial charge in [0.15, 0.2) is 0 Å². The van der Waals surface area contributed by atoms with Crippen LogP contribution in [0.1, 0.15) is 28.8 Å². The van der Waals surface area contributed by atoms with Gasteiger partial charge in [0.05, 0.1) is 12.7 Å². The standard InChI is InChI=1S/C15H22N2O3/c1-10-6-12(7-13(14(10)16)15(19)20-2)17-5-3-4-11(8-17)9-18/h6-7,11,18H,3-5,8-9,16H2,1-2H3. The van der Waals surface area contributed by atoms with Gasteiger partial charge in [-0.05, 0) is 43.4 Å². The van der Waals surface area contributed by atoms with Crippen molar-refractivity contribution < 1.29 is 14.6 Å². The lowest BCUT2D eigenvalue weighted by atomic mass is 9.97. The second-order valence-electron chi connectivity index (χ2n) is 5.35. The first-order valence-electron chi connectivity index (χ1n) is 6.91. The van der Waals surface area contributed by atoms with E-state index in [9.17, 15) is 9.90 Å². The Morgan fingerprint density at radius 1 is 1.55 bits per heavy atom. The van der Waals surface area contributed by atoms with Gasteiger partial charge in [0.2, 0.25) is 0 Å². The molecule has 0 amide bonds. The van der Waals surface area contributed by atoms with Crippen molar-refractivity contribution in [2.24, 2.45) is 5.92 Å². The van der Waals surface area contributed by atoms with E-state index in [1.54, 1.807) is 6.07 Å². The van der Waals surface area contributed by atoms with Gasteiger partial charge in [-0.15, -0.1) is 0 Å². The monoisotopic (exact) mass is 278 g/mol. The van der Waals surface area contributed by atoms with Crippen molar-refractivity contribution in [1.82, 2.24) is 0 Å². The third-order valence-corrected chi connectivity index (χ3v) is 3.92. The van der Waals surface area contributed by atoms with E-state index in [4.69, 9.17) is 10.5 Å². The molecule has 5 nitrogen and oxygen atoms in total. The number of hydrogen-bond donors (Lipinski definition) is 2. The average molecular weight is 278 g/mol. The minimum atomic E-state index is -0.414. The maximum Gasteiger partial charge on any atom is 0.340 e. The summed E-state index contributed by atoms with van der Waals surface area (Å²) in [5.74, 6) is -0.119. The Morgan fingerprint density at radius 2 is 2.30 bits per heavy atom. The van der Waals surface area contributed by atoms with Crippen LogP contribution in [-0.2, 0) is 4.74 Å². The molecule has 1 aromatic carbocycles. The number of aryl methyl sites for hydroxylation is 1. The van der Waals surface area contributed by atoms with E-state index in [0.29, 0.717) is 17.2 Å². The van der Waals surface area contributed by atoms with Crippen molar-refractivity contribution in [3.8, 4) is 0 Å². The van der Waals surface area contributed by atoms with Crippen LogP contribution >= 0.6 is 0 Å². The molecule has 1 fully saturated rings. The van der Waals surface area contributed by atoms with E-state index in [-0.39, 0.29) is 6.61 Å². The minimum Gasteiger partial charge on any atom is -0.465 e. The molecule has 3 N–H and O–H groups in total. The lowest BCUT2D eigenvalue weighted by Gasteiger charge is -2.34. The fourth-order valence-corrected chi connectivity index (χ4v) is 2.69. The molecule has 1 aliphatic heterocycles.